The van der Waals surface area contributed by atoms with Crippen LogP contribution in [0.5, 0.6) is 5.75 Å². The van der Waals surface area contributed by atoms with Crippen LogP contribution < -0.4 is 10.5 Å². The van der Waals surface area contributed by atoms with Gasteiger partial charge in [-0.15, -0.1) is 0 Å². The van der Waals surface area contributed by atoms with Crippen LogP contribution in [0.1, 0.15) is 5.56 Å². The average Bonchev–Trinajstić information content (AvgIpc) is 2.49. The van der Waals surface area contributed by atoms with Gasteiger partial charge in [0.05, 0.1) is 26.4 Å². The van der Waals surface area contributed by atoms with Crippen LogP contribution in [0.3, 0.4) is 0 Å². The summed E-state index contributed by atoms with van der Waals surface area (Å²) in [6.45, 7) is 2.14. The highest BCUT2D eigenvalue weighted by molar-refractivity contribution is 7.89. The number of hydrogen-bond donors (Lipinski definition) is 2. The molecule has 0 radical (unpaired) electrons. The van der Waals surface area contributed by atoms with Crippen LogP contribution in [0.2, 0.25) is 0 Å². The molecule has 118 valence electrons. The molecule has 7 nitrogen and oxygen atoms in total. The second-order valence-corrected chi connectivity index (χ2v) is 6.80. The standard InChI is InChI=1S/C13H20N2O5S/c1-9-5-12(19-2)13(6-11(9)14)21(17,18)15-3-4-20-10(7-15)8-16/h5-6,10,16H,3-4,7-8,14H2,1-2H3. The van der Waals surface area contributed by atoms with Crippen molar-refractivity contribution in [3.8, 4) is 5.75 Å². The van der Waals surface area contributed by atoms with Crippen LogP contribution in [0, 0.1) is 6.92 Å². The summed E-state index contributed by atoms with van der Waals surface area (Å²) in [5.41, 5.74) is 6.96. The fraction of sp³-hybridized carbons (Fsp3) is 0.538. The third kappa shape index (κ3) is 3.13. The fourth-order valence-electron chi connectivity index (χ4n) is 2.20. The number of ether oxygens (including phenoxy) is 2. The number of benzene rings is 1. The van der Waals surface area contributed by atoms with Gasteiger partial charge in [-0.05, 0) is 24.6 Å². The number of nitrogens with two attached hydrogens (primary N) is 1. The normalized spacial score (nSPS) is 20.4. The maximum atomic E-state index is 12.7. The van der Waals surface area contributed by atoms with Crippen molar-refractivity contribution >= 4 is 15.7 Å². The highest BCUT2D eigenvalue weighted by atomic mass is 32.2. The second-order valence-electron chi connectivity index (χ2n) is 4.90. The lowest BCUT2D eigenvalue weighted by atomic mass is 10.2. The minimum absolute atomic E-state index is 0.0340. The van der Waals surface area contributed by atoms with Gasteiger partial charge in [0.25, 0.3) is 0 Å². The lowest BCUT2D eigenvalue weighted by Gasteiger charge is -2.31. The molecule has 1 aromatic carbocycles. The van der Waals surface area contributed by atoms with E-state index in [1.165, 1.54) is 17.5 Å². The molecule has 8 heteroatoms. The van der Waals surface area contributed by atoms with E-state index in [0.29, 0.717) is 5.69 Å². The molecule has 0 aliphatic carbocycles. The molecule has 0 amide bonds. The van der Waals surface area contributed by atoms with E-state index in [9.17, 15) is 8.42 Å². The SMILES string of the molecule is COc1cc(C)c(N)cc1S(=O)(=O)N1CCOC(CO)C1. The molecule has 1 aromatic rings. The quantitative estimate of drug-likeness (QED) is 0.756. The third-order valence-corrected chi connectivity index (χ3v) is 5.36. The van der Waals surface area contributed by atoms with Crippen LogP contribution >= 0.6 is 0 Å². The summed E-state index contributed by atoms with van der Waals surface area (Å²) in [6, 6.07) is 3.01. The van der Waals surface area contributed by atoms with Gasteiger partial charge in [-0.3, -0.25) is 0 Å². The minimum atomic E-state index is -3.75. The van der Waals surface area contributed by atoms with E-state index >= 15 is 0 Å². The van der Waals surface area contributed by atoms with Crippen molar-refractivity contribution in [3.63, 3.8) is 0 Å². The number of aryl methyl sites for hydroxylation is 1. The lowest BCUT2D eigenvalue weighted by molar-refractivity contribution is -0.0304. The predicted molar refractivity (Wildman–Crippen MR) is 77.7 cm³/mol. The topological polar surface area (TPSA) is 102 Å². The summed E-state index contributed by atoms with van der Waals surface area (Å²) in [4.78, 5) is 0.0340. The van der Waals surface area contributed by atoms with E-state index in [-0.39, 0.29) is 36.9 Å². The first-order valence-corrected chi connectivity index (χ1v) is 8.01. The van der Waals surface area contributed by atoms with Crippen molar-refractivity contribution in [2.75, 3.05) is 39.1 Å². The van der Waals surface area contributed by atoms with Crippen LogP contribution in [-0.2, 0) is 14.8 Å². The number of nitrogen functional groups attached to an aromatic ring is 1. The highest BCUT2D eigenvalue weighted by Crippen LogP contribution is 2.31. The number of methoxy groups -OCH3 is 1. The molecule has 1 unspecified atom stereocenters. The Balaban J connectivity index is 2.41. The average molecular weight is 316 g/mol. The molecule has 3 N–H and O–H groups in total. The molecule has 1 heterocycles. The Bertz CT molecular complexity index is 617. The summed E-state index contributed by atoms with van der Waals surface area (Å²) in [5.74, 6) is 0.258. The van der Waals surface area contributed by atoms with Gasteiger partial charge in [0.15, 0.2) is 0 Å². The van der Waals surface area contributed by atoms with Gasteiger partial charge >= 0.3 is 0 Å². The minimum Gasteiger partial charge on any atom is -0.495 e. The monoisotopic (exact) mass is 316 g/mol. The van der Waals surface area contributed by atoms with Crippen molar-refractivity contribution < 1.29 is 23.0 Å². The largest absolute Gasteiger partial charge is 0.495 e. The summed E-state index contributed by atoms with van der Waals surface area (Å²) in [5, 5.41) is 9.14. The summed E-state index contributed by atoms with van der Waals surface area (Å²) in [7, 11) is -2.33. The number of hydrogen-bond acceptors (Lipinski definition) is 6. The molecule has 0 saturated carbocycles. The maximum absolute atomic E-state index is 12.7. The molecule has 1 saturated heterocycles. The lowest BCUT2D eigenvalue weighted by Crippen LogP contribution is -2.46. The van der Waals surface area contributed by atoms with Gasteiger partial charge in [-0.2, -0.15) is 4.31 Å². The van der Waals surface area contributed by atoms with Gasteiger partial charge in [0.2, 0.25) is 10.0 Å². The number of aliphatic hydroxyl groups is 1. The molecule has 2 rings (SSSR count). The first kappa shape index (κ1) is 16.0. The van der Waals surface area contributed by atoms with Crippen molar-refractivity contribution in [1.29, 1.82) is 0 Å². The fourth-order valence-corrected chi connectivity index (χ4v) is 3.83. The Morgan fingerprint density at radius 1 is 1.52 bits per heavy atom. The van der Waals surface area contributed by atoms with E-state index in [1.54, 1.807) is 13.0 Å². The Morgan fingerprint density at radius 2 is 2.24 bits per heavy atom. The zero-order chi connectivity index (χ0) is 15.6. The van der Waals surface area contributed by atoms with E-state index in [1.807, 2.05) is 0 Å². The summed E-state index contributed by atoms with van der Waals surface area (Å²) >= 11 is 0. The number of rotatable bonds is 4. The van der Waals surface area contributed by atoms with E-state index in [0.717, 1.165) is 5.56 Å². The van der Waals surface area contributed by atoms with E-state index in [4.69, 9.17) is 20.3 Å². The molecule has 1 fully saturated rings. The van der Waals surface area contributed by atoms with Crippen molar-refractivity contribution in [2.24, 2.45) is 0 Å². The van der Waals surface area contributed by atoms with Crippen molar-refractivity contribution in [2.45, 2.75) is 17.9 Å². The van der Waals surface area contributed by atoms with Gasteiger partial charge in [0.1, 0.15) is 10.6 Å². The molecule has 0 aromatic heterocycles. The number of anilines is 1. The second kappa shape index (κ2) is 6.18. The maximum Gasteiger partial charge on any atom is 0.247 e. The predicted octanol–water partition coefficient (Wildman–Crippen LogP) is -0.0324. The van der Waals surface area contributed by atoms with Gasteiger partial charge < -0.3 is 20.3 Å². The summed E-state index contributed by atoms with van der Waals surface area (Å²) < 4.78 is 37.2. The van der Waals surface area contributed by atoms with Crippen LogP contribution in [0.25, 0.3) is 0 Å². The molecule has 0 bridgehead atoms. The first-order chi connectivity index (χ1) is 9.90. The van der Waals surface area contributed by atoms with Crippen molar-refractivity contribution in [3.05, 3.63) is 17.7 Å². The highest BCUT2D eigenvalue weighted by Gasteiger charge is 2.32. The Labute approximate surface area is 124 Å². The zero-order valence-corrected chi connectivity index (χ0v) is 12.9. The molecule has 1 atom stereocenters. The van der Waals surface area contributed by atoms with E-state index < -0.39 is 16.1 Å². The third-order valence-electron chi connectivity index (χ3n) is 3.48. The van der Waals surface area contributed by atoms with Crippen molar-refractivity contribution in [1.82, 2.24) is 4.31 Å². The number of morpholine rings is 1. The Kier molecular flexibility index (Phi) is 4.72. The first-order valence-electron chi connectivity index (χ1n) is 6.57. The summed E-state index contributed by atoms with van der Waals surface area (Å²) in [6.07, 6.45) is -0.512. The van der Waals surface area contributed by atoms with Gasteiger partial charge in [-0.25, -0.2) is 8.42 Å². The zero-order valence-electron chi connectivity index (χ0n) is 12.1. The molecule has 0 spiro atoms. The van der Waals surface area contributed by atoms with Gasteiger partial charge in [-0.1, -0.05) is 0 Å². The Morgan fingerprint density at radius 3 is 2.86 bits per heavy atom. The van der Waals surface area contributed by atoms with Crippen LogP contribution in [0.15, 0.2) is 17.0 Å². The smallest absolute Gasteiger partial charge is 0.247 e. The van der Waals surface area contributed by atoms with E-state index in [2.05, 4.69) is 0 Å². The number of aliphatic hydroxyl groups excluding tert-OH is 1. The molecular weight excluding hydrogens is 296 g/mol. The van der Waals surface area contributed by atoms with Crippen LogP contribution in [-0.4, -0.2) is 57.3 Å². The number of nitrogens with zero attached hydrogens (tertiary/aromatic N) is 1. The molecule has 21 heavy (non-hydrogen) atoms. The molecular formula is C13H20N2O5S. The molecule has 1 aliphatic rings. The van der Waals surface area contributed by atoms with Crippen LogP contribution in [0.4, 0.5) is 5.69 Å². The molecule has 1 aliphatic heterocycles. The number of sulfonamides is 1. The van der Waals surface area contributed by atoms with Gasteiger partial charge in [0, 0.05) is 18.8 Å². The Hall–Kier alpha value is -1.35.